The molecule has 1 saturated heterocycles. The summed E-state index contributed by atoms with van der Waals surface area (Å²) in [5.41, 5.74) is 0.796. The van der Waals surface area contributed by atoms with E-state index in [0.717, 1.165) is 31.4 Å². The Bertz CT molecular complexity index is 1580. The summed E-state index contributed by atoms with van der Waals surface area (Å²) < 4.78 is 76.9. The van der Waals surface area contributed by atoms with Crippen LogP contribution in [0.5, 0.6) is 5.75 Å². The Morgan fingerprint density at radius 3 is 2.55 bits per heavy atom. The van der Waals surface area contributed by atoms with Gasteiger partial charge in [0.25, 0.3) is 0 Å². The van der Waals surface area contributed by atoms with Crippen molar-refractivity contribution in [3.63, 3.8) is 0 Å². The SMILES string of the molecule is CC(C)(C)S(=O)(=O)N1C[C@H](N2CCOc3cc(C(F)(F)F)cc(-c4ccnc5cc(CO)sc45)c32)CC12CCC2. The molecule has 7 nitrogen and oxygen atoms in total. The smallest absolute Gasteiger partial charge is 0.416 e. The number of rotatable bonds is 4. The fourth-order valence-corrected chi connectivity index (χ4v) is 9.11. The topological polar surface area (TPSA) is 83.0 Å². The molecule has 40 heavy (non-hydrogen) atoms. The van der Waals surface area contributed by atoms with Crippen molar-refractivity contribution in [2.45, 2.75) is 75.6 Å². The summed E-state index contributed by atoms with van der Waals surface area (Å²) in [6, 6.07) is 5.43. The molecule has 2 aliphatic heterocycles. The number of fused-ring (bicyclic) bond motifs is 2. The van der Waals surface area contributed by atoms with Crippen LogP contribution in [0.3, 0.4) is 0 Å². The van der Waals surface area contributed by atoms with Gasteiger partial charge in [-0.3, -0.25) is 4.98 Å². The van der Waals surface area contributed by atoms with Gasteiger partial charge in [-0.1, -0.05) is 0 Å². The summed E-state index contributed by atoms with van der Waals surface area (Å²) in [6.07, 6.45) is 0.0852. The lowest BCUT2D eigenvalue weighted by Gasteiger charge is -2.46. The van der Waals surface area contributed by atoms with Gasteiger partial charge in [0.15, 0.2) is 0 Å². The van der Waals surface area contributed by atoms with Gasteiger partial charge < -0.3 is 14.7 Å². The number of ether oxygens (including phenoxy) is 1. The average molecular weight is 596 g/mol. The zero-order valence-corrected chi connectivity index (χ0v) is 24.2. The number of aliphatic hydroxyl groups excluding tert-OH is 1. The fraction of sp³-hybridized carbons (Fsp3) is 0.536. The van der Waals surface area contributed by atoms with Crippen LogP contribution in [0.4, 0.5) is 18.9 Å². The van der Waals surface area contributed by atoms with Gasteiger partial charge in [-0.25, -0.2) is 8.42 Å². The number of aromatic nitrogens is 1. The van der Waals surface area contributed by atoms with E-state index in [9.17, 15) is 26.7 Å². The lowest BCUT2D eigenvalue weighted by atomic mass is 9.75. The number of pyridine rings is 1. The van der Waals surface area contributed by atoms with E-state index < -0.39 is 32.0 Å². The molecule has 0 radical (unpaired) electrons. The summed E-state index contributed by atoms with van der Waals surface area (Å²) in [4.78, 5) is 7.10. The van der Waals surface area contributed by atoms with Gasteiger partial charge in [-0.05, 0) is 70.7 Å². The molecular weight excluding hydrogens is 563 g/mol. The molecule has 216 valence electrons. The Morgan fingerprint density at radius 1 is 1.18 bits per heavy atom. The molecule has 1 aromatic carbocycles. The first-order valence-electron chi connectivity index (χ1n) is 13.4. The second-order valence-electron chi connectivity index (χ2n) is 11.9. The molecule has 6 rings (SSSR count). The van der Waals surface area contributed by atoms with Crippen molar-refractivity contribution in [2.75, 3.05) is 24.6 Å². The number of aliphatic hydroxyl groups is 1. The number of hydrogen-bond donors (Lipinski definition) is 1. The van der Waals surface area contributed by atoms with Crippen molar-refractivity contribution in [3.8, 4) is 16.9 Å². The van der Waals surface area contributed by atoms with Gasteiger partial charge in [0.05, 0.1) is 39.4 Å². The highest BCUT2D eigenvalue weighted by molar-refractivity contribution is 7.90. The second-order valence-corrected chi connectivity index (χ2v) is 15.7. The van der Waals surface area contributed by atoms with Crippen LogP contribution in [-0.2, 0) is 22.8 Å². The van der Waals surface area contributed by atoms with Crippen molar-refractivity contribution in [1.82, 2.24) is 9.29 Å². The third-order valence-corrected chi connectivity index (χ3v) is 12.3. The summed E-state index contributed by atoms with van der Waals surface area (Å²) >= 11 is 1.29. The first-order valence-corrected chi connectivity index (χ1v) is 15.7. The Morgan fingerprint density at radius 2 is 1.93 bits per heavy atom. The van der Waals surface area contributed by atoms with Gasteiger partial charge in [0.2, 0.25) is 10.0 Å². The molecule has 1 spiro atoms. The minimum absolute atomic E-state index is 0.139. The molecule has 0 bridgehead atoms. The largest absolute Gasteiger partial charge is 0.490 e. The summed E-state index contributed by atoms with van der Waals surface area (Å²) in [7, 11) is -3.61. The number of sulfonamides is 1. The predicted molar refractivity (Wildman–Crippen MR) is 149 cm³/mol. The first-order chi connectivity index (χ1) is 18.7. The van der Waals surface area contributed by atoms with Gasteiger partial charge in [0, 0.05) is 40.3 Å². The molecule has 12 heteroatoms. The molecule has 0 amide bonds. The molecule has 1 atom stereocenters. The van der Waals surface area contributed by atoms with Crippen LogP contribution in [0.25, 0.3) is 21.3 Å². The van der Waals surface area contributed by atoms with Crippen LogP contribution >= 0.6 is 11.3 Å². The third kappa shape index (κ3) is 4.29. The van der Waals surface area contributed by atoms with Gasteiger partial charge in [-0.2, -0.15) is 17.5 Å². The van der Waals surface area contributed by atoms with E-state index in [4.69, 9.17) is 4.74 Å². The number of halogens is 3. The standard InChI is InChI=1S/C28H32F3N3O4S2/c1-26(2,3)40(36,37)34-15-18(14-27(34)6-4-7-27)33-9-10-38-23-12-17(28(29,30)31)11-21(24(23)33)20-5-8-32-22-13-19(16-35)39-25(20)22/h5,8,11-13,18,35H,4,6-7,9-10,14-16H2,1-3H3/t18-/m1/s1. The number of anilines is 1. The number of nitrogens with zero attached hydrogens (tertiary/aromatic N) is 3. The minimum Gasteiger partial charge on any atom is -0.490 e. The van der Waals surface area contributed by atoms with Gasteiger partial charge in [0.1, 0.15) is 12.4 Å². The van der Waals surface area contributed by atoms with Crippen LogP contribution in [-0.4, -0.2) is 58.8 Å². The molecule has 3 aromatic rings. The van der Waals surface area contributed by atoms with Gasteiger partial charge >= 0.3 is 6.18 Å². The Balaban J connectivity index is 1.51. The Kier molecular flexibility index (Phi) is 6.45. The van der Waals surface area contributed by atoms with Crippen LogP contribution in [0.1, 0.15) is 56.9 Å². The van der Waals surface area contributed by atoms with E-state index in [1.54, 1.807) is 43.4 Å². The lowest BCUT2D eigenvalue weighted by Crippen LogP contribution is -2.56. The first kappa shape index (κ1) is 27.7. The molecule has 1 N–H and O–H groups in total. The van der Waals surface area contributed by atoms with Crippen molar-refractivity contribution in [1.29, 1.82) is 0 Å². The maximum Gasteiger partial charge on any atom is 0.416 e. The number of thiophene rings is 1. The zero-order chi connectivity index (χ0) is 28.7. The quantitative estimate of drug-likeness (QED) is 0.411. The monoisotopic (exact) mass is 595 g/mol. The normalized spacial score (nSPS) is 21.5. The maximum absolute atomic E-state index is 14.1. The lowest BCUT2D eigenvalue weighted by molar-refractivity contribution is -0.137. The minimum atomic E-state index is -4.59. The zero-order valence-electron chi connectivity index (χ0n) is 22.6. The molecule has 2 aromatic heterocycles. The van der Waals surface area contributed by atoms with Crippen molar-refractivity contribution >= 4 is 37.3 Å². The molecular formula is C28H32F3N3O4S2. The van der Waals surface area contributed by atoms with E-state index in [1.807, 2.05) is 0 Å². The summed E-state index contributed by atoms with van der Waals surface area (Å²) in [6.45, 7) is 5.83. The molecule has 4 heterocycles. The number of benzene rings is 1. The highest BCUT2D eigenvalue weighted by Gasteiger charge is 2.57. The van der Waals surface area contributed by atoms with Crippen molar-refractivity contribution < 1.29 is 31.4 Å². The molecule has 2 fully saturated rings. The predicted octanol–water partition coefficient (Wildman–Crippen LogP) is 5.80. The number of hydrogen-bond acceptors (Lipinski definition) is 7. The third-order valence-electron chi connectivity index (χ3n) is 8.50. The Hall–Kier alpha value is -2.41. The van der Waals surface area contributed by atoms with Crippen LogP contribution < -0.4 is 9.64 Å². The fourth-order valence-electron chi connectivity index (χ4n) is 6.31. The molecule has 1 aliphatic carbocycles. The van der Waals surface area contributed by atoms with E-state index in [-0.39, 0.29) is 31.5 Å². The Labute approximate surface area is 235 Å². The van der Waals surface area contributed by atoms with Crippen LogP contribution in [0.15, 0.2) is 30.5 Å². The van der Waals surface area contributed by atoms with E-state index >= 15 is 0 Å². The molecule has 1 saturated carbocycles. The highest BCUT2D eigenvalue weighted by atomic mass is 32.2. The number of alkyl halides is 3. The van der Waals surface area contributed by atoms with Crippen LogP contribution in [0, 0.1) is 0 Å². The van der Waals surface area contributed by atoms with Crippen molar-refractivity contribution in [3.05, 3.63) is 40.9 Å². The van der Waals surface area contributed by atoms with Crippen molar-refractivity contribution in [2.24, 2.45) is 0 Å². The van der Waals surface area contributed by atoms with E-state index in [2.05, 4.69) is 9.88 Å². The van der Waals surface area contributed by atoms with E-state index in [0.29, 0.717) is 44.9 Å². The average Bonchev–Trinajstić information content (AvgIpc) is 3.49. The highest BCUT2D eigenvalue weighted by Crippen LogP contribution is 2.53. The molecule has 3 aliphatic rings. The maximum atomic E-state index is 14.1. The summed E-state index contributed by atoms with van der Waals surface area (Å²) in [5.74, 6) is 0.139. The van der Waals surface area contributed by atoms with Gasteiger partial charge in [-0.15, -0.1) is 11.3 Å². The second kappa shape index (κ2) is 9.30. The molecule has 0 unspecified atom stereocenters. The summed E-state index contributed by atoms with van der Waals surface area (Å²) in [5, 5.41) is 9.71. The van der Waals surface area contributed by atoms with Crippen LogP contribution in [0.2, 0.25) is 0 Å². The van der Waals surface area contributed by atoms with E-state index in [1.165, 1.54) is 11.3 Å².